The second-order valence-corrected chi connectivity index (χ2v) is 7.59. The molecule has 0 saturated carbocycles. The lowest BCUT2D eigenvalue weighted by Crippen LogP contribution is -2.45. The van der Waals surface area contributed by atoms with Gasteiger partial charge in [0.2, 0.25) is 11.9 Å². The number of halogens is 3. The van der Waals surface area contributed by atoms with E-state index in [2.05, 4.69) is 41.8 Å². The molecule has 0 aromatic carbocycles. The standard InChI is InChI=1S/C13H15BrN2O3.C5H3BrFN/c1-3-19-12(18)13(6-7-16(2)11(13)17)10-5-4-9(14)8-15-10;6-4-1-2-5(7)8-3-4/h4-5,8H,3,6-7H2,1-2H3;1-3H. The lowest BCUT2D eigenvalue weighted by Gasteiger charge is -2.24. The van der Waals surface area contributed by atoms with Crippen molar-refractivity contribution >= 4 is 43.7 Å². The normalized spacial score (nSPS) is 18.7. The molecule has 0 aliphatic carbocycles. The number of esters is 1. The Hall–Kier alpha value is -1.87. The summed E-state index contributed by atoms with van der Waals surface area (Å²) in [6.07, 6.45) is 3.40. The maximum Gasteiger partial charge on any atom is 0.327 e. The Bertz CT molecular complexity index is 782. The molecule has 1 unspecified atom stereocenters. The Morgan fingerprint density at radius 2 is 1.85 bits per heavy atom. The number of carbonyl (C=O) groups is 2. The number of hydrogen-bond acceptors (Lipinski definition) is 5. The number of carbonyl (C=O) groups excluding carboxylic acids is 2. The molecule has 0 radical (unpaired) electrons. The van der Waals surface area contributed by atoms with Crippen LogP contribution in [-0.4, -0.2) is 46.9 Å². The molecule has 3 heterocycles. The first-order chi connectivity index (χ1) is 12.8. The highest BCUT2D eigenvalue weighted by Crippen LogP contribution is 2.36. The molecule has 27 heavy (non-hydrogen) atoms. The average molecular weight is 503 g/mol. The second-order valence-electron chi connectivity index (χ2n) is 5.76. The molecule has 1 aliphatic rings. The van der Waals surface area contributed by atoms with Crippen molar-refractivity contribution in [3.8, 4) is 0 Å². The van der Waals surface area contributed by atoms with Crippen molar-refractivity contribution in [2.45, 2.75) is 18.8 Å². The summed E-state index contributed by atoms with van der Waals surface area (Å²) < 4.78 is 18.6. The van der Waals surface area contributed by atoms with Gasteiger partial charge < -0.3 is 9.64 Å². The molecule has 2 aromatic rings. The van der Waals surface area contributed by atoms with Gasteiger partial charge in [0, 0.05) is 34.9 Å². The molecule has 3 rings (SSSR count). The minimum atomic E-state index is -1.29. The van der Waals surface area contributed by atoms with Crippen molar-refractivity contribution in [2.75, 3.05) is 20.2 Å². The number of aromatic nitrogens is 2. The van der Waals surface area contributed by atoms with Crippen molar-refractivity contribution in [3.05, 3.63) is 57.2 Å². The molecule has 1 saturated heterocycles. The van der Waals surface area contributed by atoms with Crippen LogP contribution in [0.2, 0.25) is 0 Å². The molecular formula is C18H18Br2FN3O3. The molecule has 1 fully saturated rings. The number of amides is 1. The Labute approximate surface area is 173 Å². The van der Waals surface area contributed by atoms with E-state index in [9.17, 15) is 14.0 Å². The summed E-state index contributed by atoms with van der Waals surface area (Å²) in [5.41, 5.74) is -0.839. The van der Waals surface area contributed by atoms with Crippen molar-refractivity contribution in [2.24, 2.45) is 0 Å². The molecule has 0 N–H and O–H groups in total. The largest absolute Gasteiger partial charge is 0.465 e. The van der Waals surface area contributed by atoms with Gasteiger partial charge in [-0.05, 0) is 69.5 Å². The molecule has 1 amide bonds. The SMILES string of the molecule is CCOC(=O)C1(c2ccc(Br)cn2)CCN(C)C1=O.Fc1ccc(Br)cn1. The van der Waals surface area contributed by atoms with E-state index in [4.69, 9.17) is 4.74 Å². The molecule has 1 aliphatic heterocycles. The Kier molecular flexibility index (Phi) is 7.43. The van der Waals surface area contributed by atoms with Crippen molar-refractivity contribution < 1.29 is 18.7 Å². The summed E-state index contributed by atoms with van der Waals surface area (Å²) in [5, 5.41) is 0. The van der Waals surface area contributed by atoms with Crippen LogP contribution in [0.5, 0.6) is 0 Å². The summed E-state index contributed by atoms with van der Waals surface area (Å²) in [7, 11) is 1.68. The van der Waals surface area contributed by atoms with Gasteiger partial charge in [-0.25, -0.2) is 4.98 Å². The van der Waals surface area contributed by atoms with Crippen LogP contribution in [0.15, 0.2) is 45.6 Å². The van der Waals surface area contributed by atoms with E-state index < -0.39 is 17.3 Å². The van der Waals surface area contributed by atoms with Gasteiger partial charge in [-0.2, -0.15) is 4.39 Å². The lowest BCUT2D eigenvalue weighted by molar-refractivity contribution is -0.155. The number of likely N-dealkylation sites (tertiary alicyclic amines) is 1. The summed E-state index contributed by atoms with van der Waals surface area (Å²) in [5.74, 6) is -1.21. The lowest BCUT2D eigenvalue weighted by atomic mass is 9.82. The molecule has 9 heteroatoms. The Morgan fingerprint density at radius 1 is 1.22 bits per heavy atom. The summed E-state index contributed by atoms with van der Waals surface area (Å²) >= 11 is 6.41. The topological polar surface area (TPSA) is 72.4 Å². The maximum atomic E-state index is 12.4. The first kappa shape index (κ1) is 21.4. The van der Waals surface area contributed by atoms with Crippen LogP contribution < -0.4 is 0 Å². The second kappa shape index (κ2) is 9.36. The van der Waals surface area contributed by atoms with Crippen molar-refractivity contribution in [1.82, 2.24) is 14.9 Å². The highest BCUT2D eigenvalue weighted by Gasteiger charge is 2.55. The Morgan fingerprint density at radius 3 is 2.26 bits per heavy atom. The predicted octanol–water partition coefficient (Wildman–Crippen LogP) is 3.49. The van der Waals surface area contributed by atoms with Crippen LogP contribution in [0, 0.1) is 5.95 Å². The van der Waals surface area contributed by atoms with E-state index >= 15 is 0 Å². The van der Waals surface area contributed by atoms with Gasteiger partial charge in [0.1, 0.15) is 0 Å². The Balaban J connectivity index is 0.000000273. The number of nitrogens with zero attached hydrogens (tertiary/aromatic N) is 3. The smallest absolute Gasteiger partial charge is 0.327 e. The number of rotatable bonds is 3. The molecule has 144 valence electrons. The zero-order chi connectivity index (χ0) is 20.0. The van der Waals surface area contributed by atoms with Crippen LogP contribution in [-0.2, 0) is 19.7 Å². The highest BCUT2D eigenvalue weighted by molar-refractivity contribution is 9.10. The molecule has 6 nitrogen and oxygen atoms in total. The fraction of sp³-hybridized carbons (Fsp3) is 0.333. The quantitative estimate of drug-likeness (QED) is 0.365. The van der Waals surface area contributed by atoms with Crippen LogP contribution in [0.3, 0.4) is 0 Å². The van der Waals surface area contributed by atoms with Gasteiger partial charge >= 0.3 is 5.97 Å². The summed E-state index contributed by atoms with van der Waals surface area (Å²) in [6.45, 7) is 2.49. The van der Waals surface area contributed by atoms with Gasteiger partial charge in [-0.1, -0.05) is 0 Å². The van der Waals surface area contributed by atoms with Crippen molar-refractivity contribution in [3.63, 3.8) is 0 Å². The number of ether oxygens (including phenoxy) is 1. The van der Waals surface area contributed by atoms with Gasteiger partial charge in [0.15, 0.2) is 5.41 Å². The van der Waals surface area contributed by atoms with Crippen LogP contribution in [0.25, 0.3) is 0 Å². The number of hydrogen-bond donors (Lipinski definition) is 0. The number of likely N-dealkylation sites (N-methyl/N-ethyl adjacent to an activating group) is 1. The zero-order valence-corrected chi connectivity index (χ0v) is 18.0. The maximum absolute atomic E-state index is 12.4. The van der Waals surface area contributed by atoms with Crippen molar-refractivity contribution in [1.29, 1.82) is 0 Å². The highest BCUT2D eigenvalue weighted by atomic mass is 79.9. The third-order valence-corrected chi connectivity index (χ3v) is 4.95. The predicted molar refractivity (Wildman–Crippen MR) is 104 cm³/mol. The van der Waals surface area contributed by atoms with E-state index in [1.165, 1.54) is 12.3 Å². The van der Waals surface area contributed by atoms with Crippen LogP contribution in [0.4, 0.5) is 4.39 Å². The van der Waals surface area contributed by atoms with E-state index in [1.54, 1.807) is 43.3 Å². The van der Waals surface area contributed by atoms with Gasteiger partial charge in [0.05, 0.1) is 12.3 Å². The van der Waals surface area contributed by atoms with Gasteiger partial charge in [-0.3, -0.25) is 14.6 Å². The molecule has 1 atom stereocenters. The average Bonchev–Trinajstić information content (AvgIpc) is 2.95. The van der Waals surface area contributed by atoms with E-state index in [0.29, 0.717) is 18.7 Å². The first-order valence-corrected chi connectivity index (χ1v) is 9.71. The third kappa shape index (κ3) is 4.90. The summed E-state index contributed by atoms with van der Waals surface area (Å²) in [4.78, 5) is 33.8. The van der Waals surface area contributed by atoms with Crippen LogP contribution in [0.1, 0.15) is 19.0 Å². The fourth-order valence-electron chi connectivity index (χ4n) is 2.64. The van der Waals surface area contributed by atoms with Crippen LogP contribution >= 0.6 is 31.9 Å². The summed E-state index contributed by atoms with van der Waals surface area (Å²) in [6, 6.07) is 6.36. The van der Waals surface area contributed by atoms with Gasteiger partial charge in [-0.15, -0.1) is 0 Å². The third-order valence-electron chi connectivity index (χ3n) is 4.01. The minimum Gasteiger partial charge on any atom is -0.465 e. The molecule has 0 bridgehead atoms. The van der Waals surface area contributed by atoms with Gasteiger partial charge in [0.25, 0.3) is 0 Å². The first-order valence-electron chi connectivity index (χ1n) is 8.13. The van der Waals surface area contributed by atoms with E-state index in [-0.39, 0.29) is 12.5 Å². The van der Waals surface area contributed by atoms with E-state index in [0.717, 1.165) is 8.95 Å². The van der Waals surface area contributed by atoms with E-state index in [1.807, 2.05) is 0 Å². The molecule has 0 spiro atoms. The molecular weight excluding hydrogens is 485 g/mol. The monoisotopic (exact) mass is 501 g/mol. The zero-order valence-electron chi connectivity index (χ0n) is 14.8. The fourth-order valence-corrected chi connectivity index (χ4v) is 3.11. The molecule has 2 aromatic heterocycles. The minimum absolute atomic E-state index is 0.244. The number of pyridine rings is 2.